The van der Waals surface area contributed by atoms with Gasteiger partial charge in [0.2, 0.25) is 0 Å². The first-order valence-corrected chi connectivity index (χ1v) is 7.40. The summed E-state index contributed by atoms with van der Waals surface area (Å²) in [5.74, 6) is 0.444. The molecule has 0 spiro atoms. The minimum absolute atomic E-state index is 0.126. The Labute approximate surface area is 127 Å². The number of nitrogens with two attached hydrogens (primary N) is 1. The number of nitrogens with one attached hydrogen (secondary N) is 1. The molecule has 0 radical (unpaired) electrons. The van der Waals surface area contributed by atoms with Gasteiger partial charge in [0.05, 0.1) is 6.20 Å². The first-order chi connectivity index (χ1) is 9.71. The van der Waals surface area contributed by atoms with Crippen molar-refractivity contribution in [2.75, 3.05) is 0 Å². The van der Waals surface area contributed by atoms with Gasteiger partial charge >= 0.3 is 0 Å². The van der Waals surface area contributed by atoms with Crippen LogP contribution >= 0.6 is 0 Å². The summed E-state index contributed by atoms with van der Waals surface area (Å²) in [6, 6.07) is 3.84. The molecule has 0 aliphatic heterocycles. The van der Waals surface area contributed by atoms with Gasteiger partial charge in [0.1, 0.15) is 5.75 Å². The van der Waals surface area contributed by atoms with Gasteiger partial charge in [-0.3, -0.25) is 9.78 Å². The van der Waals surface area contributed by atoms with Crippen molar-refractivity contribution in [1.29, 1.82) is 0 Å². The van der Waals surface area contributed by atoms with Gasteiger partial charge < -0.3 is 15.8 Å². The number of hydrogen-bond donors (Lipinski definition) is 2. The Kier molecular flexibility index (Phi) is 6.15. The van der Waals surface area contributed by atoms with Crippen molar-refractivity contribution < 1.29 is 9.53 Å². The molecular weight excluding hydrogens is 266 g/mol. The highest BCUT2D eigenvalue weighted by Gasteiger charge is 2.20. The molecule has 0 fully saturated rings. The molecule has 0 aliphatic carbocycles. The Bertz CT molecular complexity index is 452. The Morgan fingerprint density at radius 3 is 2.57 bits per heavy atom. The summed E-state index contributed by atoms with van der Waals surface area (Å²) in [4.78, 5) is 16.3. The normalized spacial score (nSPS) is 14.4. The lowest BCUT2D eigenvalue weighted by molar-refractivity contribution is -0.128. The Balaban J connectivity index is 2.57. The Morgan fingerprint density at radius 2 is 2.10 bits per heavy atom. The van der Waals surface area contributed by atoms with Crippen LogP contribution in [0.3, 0.4) is 0 Å². The standard InChI is InChI=1S/C16H27N3O2/c1-6-12(17)9-13-7-8-14(10-18-13)21-11(2)15(20)19-16(3,4)5/h7-8,10-12H,6,9,17H2,1-5H3,(H,19,20). The van der Waals surface area contributed by atoms with E-state index in [0.29, 0.717) is 5.75 Å². The fraction of sp³-hybridized carbons (Fsp3) is 0.625. The highest BCUT2D eigenvalue weighted by molar-refractivity contribution is 5.81. The summed E-state index contributed by atoms with van der Waals surface area (Å²) >= 11 is 0. The van der Waals surface area contributed by atoms with E-state index in [0.717, 1.165) is 18.5 Å². The lowest BCUT2D eigenvalue weighted by atomic mass is 10.1. The number of ether oxygens (including phenoxy) is 1. The first kappa shape index (κ1) is 17.4. The van der Waals surface area contributed by atoms with E-state index in [9.17, 15) is 4.79 Å². The van der Waals surface area contributed by atoms with Crippen molar-refractivity contribution in [3.05, 3.63) is 24.0 Å². The quantitative estimate of drug-likeness (QED) is 0.841. The van der Waals surface area contributed by atoms with E-state index in [-0.39, 0.29) is 17.5 Å². The SMILES string of the molecule is CCC(N)Cc1ccc(OC(C)C(=O)NC(C)(C)C)cn1. The van der Waals surface area contributed by atoms with Gasteiger partial charge in [-0.15, -0.1) is 0 Å². The molecule has 118 valence electrons. The van der Waals surface area contributed by atoms with Crippen LogP contribution in [0.1, 0.15) is 46.7 Å². The van der Waals surface area contributed by atoms with E-state index in [1.54, 1.807) is 13.1 Å². The van der Waals surface area contributed by atoms with E-state index in [4.69, 9.17) is 10.5 Å². The number of nitrogens with zero attached hydrogens (tertiary/aromatic N) is 1. The van der Waals surface area contributed by atoms with Crippen LogP contribution in [0.2, 0.25) is 0 Å². The molecule has 0 saturated carbocycles. The highest BCUT2D eigenvalue weighted by Crippen LogP contribution is 2.13. The molecule has 0 aliphatic rings. The minimum Gasteiger partial charge on any atom is -0.479 e. The van der Waals surface area contributed by atoms with Crippen molar-refractivity contribution in [3.8, 4) is 5.75 Å². The molecule has 1 rings (SSSR count). The van der Waals surface area contributed by atoms with Crippen LogP contribution in [0.25, 0.3) is 0 Å². The fourth-order valence-corrected chi connectivity index (χ4v) is 1.74. The van der Waals surface area contributed by atoms with Gasteiger partial charge in [-0.2, -0.15) is 0 Å². The molecule has 0 aromatic carbocycles. The van der Waals surface area contributed by atoms with E-state index in [2.05, 4.69) is 17.2 Å². The van der Waals surface area contributed by atoms with Crippen molar-refractivity contribution in [1.82, 2.24) is 10.3 Å². The van der Waals surface area contributed by atoms with Gasteiger partial charge in [-0.1, -0.05) is 6.92 Å². The molecule has 1 aromatic heterocycles. The molecule has 2 atom stereocenters. The molecule has 1 heterocycles. The third kappa shape index (κ3) is 6.58. The van der Waals surface area contributed by atoms with E-state index in [1.807, 2.05) is 32.9 Å². The smallest absolute Gasteiger partial charge is 0.261 e. The third-order valence-electron chi connectivity index (χ3n) is 2.97. The maximum Gasteiger partial charge on any atom is 0.261 e. The zero-order chi connectivity index (χ0) is 16.0. The largest absolute Gasteiger partial charge is 0.479 e. The zero-order valence-corrected chi connectivity index (χ0v) is 13.6. The molecule has 0 bridgehead atoms. The molecule has 5 heteroatoms. The number of carbonyl (C=O) groups is 1. The summed E-state index contributed by atoms with van der Waals surface area (Å²) in [5, 5.41) is 2.88. The number of hydrogen-bond acceptors (Lipinski definition) is 4. The van der Waals surface area contributed by atoms with Crippen LogP contribution in [-0.4, -0.2) is 28.6 Å². The second-order valence-corrected chi connectivity index (χ2v) is 6.36. The summed E-state index contributed by atoms with van der Waals surface area (Å²) in [7, 11) is 0. The second kappa shape index (κ2) is 7.41. The number of amides is 1. The minimum atomic E-state index is -0.560. The van der Waals surface area contributed by atoms with Crippen molar-refractivity contribution >= 4 is 5.91 Å². The zero-order valence-electron chi connectivity index (χ0n) is 13.6. The maximum absolute atomic E-state index is 11.9. The monoisotopic (exact) mass is 293 g/mol. The van der Waals surface area contributed by atoms with Gasteiger partial charge in [0.25, 0.3) is 5.91 Å². The van der Waals surface area contributed by atoms with Gasteiger partial charge in [0, 0.05) is 23.7 Å². The van der Waals surface area contributed by atoms with Crippen LogP contribution < -0.4 is 15.8 Å². The van der Waals surface area contributed by atoms with Crippen LogP contribution in [0.5, 0.6) is 5.75 Å². The number of rotatable bonds is 6. The third-order valence-corrected chi connectivity index (χ3v) is 2.97. The van der Waals surface area contributed by atoms with Crippen LogP contribution in [0.15, 0.2) is 18.3 Å². The molecule has 2 unspecified atom stereocenters. The Hall–Kier alpha value is -1.62. The lowest BCUT2D eigenvalue weighted by Gasteiger charge is -2.23. The fourth-order valence-electron chi connectivity index (χ4n) is 1.74. The Morgan fingerprint density at radius 1 is 1.43 bits per heavy atom. The van der Waals surface area contributed by atoms with Gasteiger partial charge in [-0.05, 0) is 46.2 Å². The maximum atomic E-state index is 11.9. The van der Waals surface area contributed by atoms with Crippen molar-refractivity contribution in [3.63, 3.8) is 0 Å². The molecule has 1 aromatic rings. The van der Waals surface area contributed by atoms with Crippen LogP contribution in [0, 0.1) is 0 Å². The van der Waals surface area contributed by atoms with Gasteiger partial charge in [0.15, 0.2) is 6.10 Å². The summed E-state index contributed by atoms with van der Waals surface area (Å²) < 4.78 is 5.60. The van der Waals surface area contributed by atoms with Crippen molar-refractivity contribution in [2.45, 2.75) is 65.1 Å². The second-order valence-electron chi connectivity index (χ2n) is 6.36. The molecule has 5 nitrogen and oxygen atoms in total. The number of aromatic nitrogens is 1. The highest BCUT2D eigenvalue weighted by atomic mass is 16.5. The molecule has 0 saturated heterocycles. The first-order valence-electron chi connectivity index (χ1n) is 7.40. The molecule has 1 amide bonds. The number of pyridine rings is 1. The van der Waals surface area contributed by atoms with Crippen molar-refractivity contribution in [2.24, 2.45) is 5.73 Å². The van der Waals surface area contributed by atoms with Crippen LogP contribution in [0.4, 0.5) is 0 Å². The summed E-state index contributed by atoms with van der Waals surface area (Å²) in [6.45, 7) is 9.58. The van der Waals surface area contributed by atoms with Crippen LogP contribution in [-0.2, 0) is 11.2 Å². The average Bonchev–Trinajstić information content (AvgIpc) is 2.38. The van der Waals surface area contributed by atoms with E-state index >= 15 is 0 Å². The van der Waals surface area contributed by atoms with E-state index < -0.39 is 6.10 Å². The number of carbonyl (C=O) groups excluding carboxylic acids is 1. The average molecular weight is 293 g/mol. The topological polar surface area (TPSA) is 77.2 Å². The summed E-state index contributed by atoms with van der Waals surface area (Å²) in [6.07, 6.45) is 2.74. The predicted octanol–water partition coefficient (Wildman–Crippen LogP) is 2.04. The predicted molar refractivity (Wildman–Crippen MR) is 84.2 cm³/mol. The molecule has 3 N–H and O–H groups in total. The van der Waals surface area contributed by atoms with Gasteiger partial charge in [-0.25, -0.2) is 0 Å². The molecular formula is C16H27N3O2. The summed E-state index contributed by atoms with van der Waals surface area (Å²) in [5.41, 5.74) is 6.56. The lowest BCUT2D eigenvalue weighted by Crippen LogP contribution is -2.46. The van der Waals surface area contributed by atoms with E-state index in [1.165, 1.54) is 0 Å². The molecule has 21 heavy (non-hydrogen) atoms.